The number of sulfonamides is 1. The molecule has 2 heterocycles. The zero-order chi connectivity index (χ0) is 23.0. The molecule has 1 aliphatic heterocycles. The molecule has 0 unspecified atom stereocenters. The third-order valence-electron chi connectivity index (χ3n) is 6.06. The highest BCUT2D eigenvalue weighted by Crippen LogP contribution is 2.33. The Bertz CT molecular complexity index is 1120. The van der Waals surface area contributed by atoms with Gasteiger partial charge in [-0.25, -0.2) is 17.6 Å². The van der Waals surface area contributed by atoms with Crippen LogP contribution in [-0.4, -0.2) is 59.6 Å². The molecule has 2 aromatic rings. The van der Waals surface area contributed by atoms with Gasteiger partial charge in [0.15, 0.2) is 5.82 Å². The quantitative estimate of drug-likeness (QED) is 0.713. The molecule has 0 radical (unpaired) electrons. The summed E-state index contributed by atoms with van der Waals surface area (Å²) in [5.41, 5.74) is 7.20. The highest BCUT2D eigenvalue weighted by atomic mass is 32.2. The van der Waals surface area contributed by atoms with E-state index in [1.807, 2.05) is 6.92 Å². The molecule has 10 heteroatoms. The minimum absolute atomic E-state index is 0.0598. The molecule has 1 saturated carbocycles. The lowest BCUT2D eigenvalue weighted by Crippen LogP contribution is -2.53. The van der Waals surface area contributed by atoms with Crippen molar-refractivity contribution in [2.75, 3.05) is 24.5 Å². The minimum atomic E-state index is -3.22. The van der Waals surface area contributed by atoms with Crippen molar-refractivity contribution in [3.8, 4) is 0 Å². The van der Waals surface area contributed by atoms with Crippen molar-refractivity contribution in [2.45, 2.75) is 44.5 Å². The smallest absolute Gasteiger partial charge is 0.323 e. The fourth-order valence-electron chi connectivity index (χ4n) is 4.14. The Labute approximate surface area is 187 Å². The predicted molar refractivity (Wildman–Crippen MR) is 120 cm³/mol. The van der Waals surface area contributed by atoms with Crippen molar-refractivity contribution in [1.82, 2.24) is 14.2 Å². The number of halogens is 1. The summed E-state index contributed by atoms with van der Waals surface area (Å²) in [7, 11) is -3.22. The van der Waals surface area contributed by atoms with Crippen molar-refractivity contribution >= 4 is 27.4 Å². The Hall–Kier alpha value is -2.56. The first-order valence-electron chi connectivity index (χ1n) is 10.7. The van der Waals surface area contributed by atoms with Crippen molar-refractivity contribution in [3.63, 3.8) is 0 Å². The summed E-state index contributed by atoms with van der Waals surface area (Å²) in [6, 6.07) is 7.30. The maximum atomic E-state index is 15.5. The summed E-state index contributed by atoms with van der Waals surface area (Å²) in [4.78, 5) is 19.5. The fourth-order valence-corrected chi connectivity index (χ4v) is 6.05. The molecule has 2 amide bonds. The second kappa shape index (κ2) is 8.76. The zero-order valence-corrected chi connectivity index (χ0v) is 19.1. The lowest BCUT2D eigenvalue weighted by atomic mass is 10.1. The van der Waals surface area contributed by atoms with Crippen LogP contribution in [0.2, 0.25) is 0 Å². The number of primary amides is 1. The number of urea groups is 1. The zero-order valence-electron chi connectivity index (χ0n) is 18.2. The molecule has 2 aliphatic rings. The van der Waals surface area contributed by atoms with Gasteiger partial charge in [-0.15, -0.1) is 0 Å². The number of benzene rings is 1. The average Bonchev–Trinajstić information content (AvgIpc) is 3.58. The van der Waals surface area contributed by atoms with Crippen molar-refractivity contribution in [2.24, 2.45) is 5.73 Å². The third kappa shape index (κ3) is 4.48. The highest BCUT2D eigenvalue weighted by Gasteiger charge is 2.42. The Morgan fingerprint density at radius 1 is 1.28 bits per heavy atom. The third-order valence-corrected chi connectivity index (χ3v) is 8.43. The number of pyridine rings is 1. The Balaban J connectivity index is 1.54. The number of amides is 2. The molecule has 8 nitrogen and oxygen atoms in total. The molecule has 0 spiro atoms. The average molecular weight is 462 g/mol. The second-order valence-corrected chi connectivity index (χ2v) is 10.7. The number of nitrogens with zero attached hydrogens (tertiary/aromatic N) is 4. The Morgan fingerprint density at radius 3 is 2.66 bits per heavy atom. The molecular weight excluding hydrogens is 433 g/mol. The summed E-state index contributed by atoms with van der Waals surface area (Å²) in [6.07, 6.45) is 3.02. The number of nitrogens with two attached hydrogens (primary N) is 1. The van der Waals surface area contributed by atoms with Crippen LogP contribution in [0.5, 0.6) is 0 Å². The van der Waals surface area contributed by atoms with Gasteiger partial charge in [-0.2, -0.15) is 4.31 Å². The number of piperazine rings is 1. The maximum absolute atomic E-state index is 15.5. The van der Waals surface area contributed by atoms with E-state index in [4.69, 9.17) is 5.73 Å². The van der Waals surface area contributed by atoms with Crippen LogP contribution in [0.3, 0.4) is 0 Å². The van der Waals surface area contributed by atoms with Crippen molar-refractivity contribution in [3.05, 3.63) is 53.6 Å². The van der Waals surface area contributed by atoms with Crippen LogP contribution in [0.1, 0.15) is 31.0 Å². The van der Waals surface area contributed by atoms with Crippen LogP contribution < -0.4 is 10.6 Å². The van der Waals surface area contributed by atoms with E-state index in [2.05, 4.69) is 9.88 Å². The maximum Gasteiger partial charge on any atom is 0.323 e. The van der Waals surface area contributed by atoms with E-state index in [9.17, 15) is 13.2 Å². The molecule has 1 aromatic carbocycles. The molecule has 0 bridgehead atoms. The molecular formula is C22H28FN5O3S. The van der Waals surface area contributed by atoms with Crippen LogP contribution in [0, 0.1) is 12.7 Å². The normalized spacial score (nSPS) is 20.3. The topological polar surface area (TPSA) is 99.8 Å². The van der Waals surface area contributed by atoms with Gasteiger partial charge >= 0.3 is 6.03 Å². The molecule has 2 fully saturated rings. The summed E-state index contributed by atoms with van der Waals surface area (Å²) >= 11 is 0. The van der Waals surface area contributed by atoms with Gasteiger partial charge < -0.3 is 5.73 Å². The first-order valence-corrected chi connectivity index (χ1v) is 12.2. The lowest BCUT2D eigenvalue weighted by molar-refractivity contribution is 0.120. The number of hydrogen-bond acceptors (Lipinski definition) is 5. The molecule has 1 aromatic heterocycles. The number of aromatic nitrogens is 1. The Kier molecular flexibility index (Phi) is 6.19. The molecule has 4 rings (SSSR count). The van der Waals surface area contributed by atoms with Gasteiger partial charge in [-0.1, -0.05) is 12.1 Å². The fraction of sp³-hybridized carbons (Fsp3) is 0.455. The number of anilines is 2. The van der Waals surface area contributed by atoms with Crippen molar-refractivity contribution in [1.29, 1.82) is 0 Å². The van der Waals surface area contributed by atoms with Crippen LogP contribution in [0.25, 0.3) is 0 Å². The van der Waals surface area contributed by atoms with E-state index in [-0.39, 0.29) is 17.0 Å². The second-order valence-electron chi connectivity index (χ2n) is 8.50. The number of rotatable bonds is 6. The van der Waals surface area contributed by atoms with Gasteiger partial charge in [-0.3, -0.25) is 14.8 Å². The van der Waals surface area contributed by atoms with Crippen LogP contribution in [-0.2, 0) is 16.6 Å². The van der Waals surface area contributed by atoms with Gasteiger partial charge in [0.25, 0.3) is 0 Å². The van der Waals surface area contributed by atoms with Crippen LogP contribution in [0.4, 0.5) is 20.6 Å². The SMILES string of the molecule is Cc1cc(N(C(N)=O)c2cccc(CN3CCN(S(=O)(=O)C4CC4)C[C@@H]3C)c2F)ccn1. The van der Waals surface area contributed by atoms with Crippen LogP contribution in [0.15, 0.2) is 36.5 Å². The number of aryl methyl sites for hydroxylation is 1. The van der Waals surface area contributed by atoms with E-state index in [0.29, 0.717) is 43.1 Å². The molecule has 1 aliphatic carbocycles. The van der Waals surface area contributed by atoms with Gasteiger partial charge in [0.2, 0.25) is 10.0 Å². The minimum Gasteiger partial charge on any atom is -0.351 e. The first-order chi connectivity index (χ1) is 15.2. The van der Waals surface area contributed by atoms with Crippen molar-refractivity contribution < 1.29 is 17.6 Å². The molecule has 2 N–H and O–H groups in total. The molecule has 172 valence electrons. The molecule has 32 heavy (non-hydrogen) atoms. The number of carbonyl (C=O) groups is 1. The van der Waals surface area contributed by atoms with E-state index in [1.54, 1.807) is 41.7 Å². The van der Waals surface area contributed by atoms with E-state index >= 15 is 4.39 Å². The van der Waals surface area contributed by atoms with Gasteiger partial charge in [-0.05, 0) is 44.9 Å². The van der Waals surface area contributed by atoms with Gasteiger partial charge in [0.05, 0.1) is 16.6 Å². The predicted octanol–water partition coefficient (Wildman–Crippen LogP) is 2.74. The number of carbonyl (C=O) groups excluding carboxylic acids is 1. The van der Waals surface area contributed by atoms with E-state index < -0.39 is 21.9 Å². The lowest BCUT2D eigenvalue weighted by Gasteiger charge is -2.39. The molecule has 1 saturated heterocycles. The van der Waals surface area contributed by atoms with E-state index in [0.717, 1.165) is 17.7 Å². The summed E-state index contributed by atoms with van der Waals surface area (Å²) in [6.45, 7) is 5.34. The van der Waals surface area contributed by atoms with Crippen LogP contribution >= 0.6 is 0 Å². The number of hydrogen-bond donors (Lipinski definition) is 1. The summed E-state index contributed by atoms with van der Waals surface area (Å²) in [5, 5.41) is -0.230. The summed E-state index contributed by atoms with van der Waals surface area (Å²) in [5.74, 6) is -0.527. The van der Waals surface area contributed by atoms with Gasteiger partial charge in [0, 0.05) is 49.7 Å². The van der Waals surface area contributed by atoms with Gasteiger partial charge in [0.1, 0.15) is 0 Å². The first kappa shape index (κ1) is 22.6. The largest absolute Gasteiger partial charge is 0.351 e. The standard InChI is InChI=1S/C22H28FN5O3S/c1-15-12-18(8-9-25-15)28(22(24)29)20-5-3-4-17(21(20)23)14-26-10-11-27(13-16(26)2)32(30,31)19-6-7-19/h3-5,8-9,12,16,19H,6-7,10-11,13-14H2,1-2H3,(H2,24,29)/t16-/m0/s1. The monoisotopic (exact) mass is 461 g/mol. The highest BCUT2D eigenvalue weighted by molar-refractivity contribution is 7.90. The molecule has 1 atom stereocenters. The Morgan fingerprint density at radius 2 is 2.03 bits per heavy atom. The van der Waals surface area contributed by atoms with E-state index in [1.165, 1.54) is 6.07 Å². The summed E-state index contributed by atoms with van der Waals surface area (Å²) < 4.78 is 42.2.